The van der Waals surface area contributed by atoms with E-state index < -0.39 is 10.9 Å². The Balaban J connectivity index is 2.09. The van der Waals surface area contributed by atoms with Crippen LogP contribution in [0.1, 0.15) is 16.1 Å². The predicted molar refractivity (Wildman–Crippen MR) is 84.2 cm³/mol. The third kappa shape index (κ3) is 2.82. The molecule has 0 amide bonds. The third-order valence-electron chi connectivity index (χ3n) is 3.26. The van der Waals surface area contributed by atoms with Gasteiger partial charge in [-0.05, 0) is 30.7 Å². The first-order valence-corrected chi connectivity index (χ1v) is 6.84. The van der Waals surface area contributed by atoms with E-state index in [0.717, 1.165) is 5.56 Å². The van der Waals surface area contributed by atoms with Gasteiger partial charge in [0.1, 0.15) is 5.65 Å². The molecule has 0 saturated heterocycles. The second kappa shape index (κ2) is 5.88. The molecule has 0 spiro atoms. The van der Waals surface area contributed by atoms with Gasteiger partial charge in [0.2, 0.25) is 0 Å². The van der Waals surface area contributed by atoms with Crippen LogP contribution in [-0.2, 0) is 0 Å². The zero-order valence-corrected chi connectivity index (χ0v) is 12.4. The van der Waals surface area contributed by atoms with Crippen LogP contribution in [0.3, 0.4) is 0 Å². The predicted octanol–water partition coefficient (Wildman–Crippen LogP) is 3.66. The van der Waals surface area contributed by atoms with Gasteiger partial charge in [-0.2, -0.15) is 0 Å². The molecule has 120 valence electrons. The van der Waals surface area contributed by atoms with Crippen molar-refractivity contribution < 1.29 is 14.8 Å². The van der Waals surface area contributed by atoms with E-state index in [2.05, 4.69) is 15.2 Å². The molecule has 24 heavy (non-hydrogen) atoms. The van der Waals surface area contributed by atoms with Crippen LogP contribution in [0.25, 0.3) is 5.65 Å². The lowest BCUT2D eigenvalue weighted by molar-refractivity contribution is -0.384. The van der Waals surface area contributed by atoms with Crippen molar-refractivity contribution in [1.82, 2.24) is 9.38 Å². The average Bonchev–Trinajstić information content (AvgIpc) is 2.91. The summed E-state index contributed by atoms with van der Waals surface area (Å²) in [5, 5.41) is 27.9. The first-order valence-electron chi connectivity index (χ1n) is 6.84. The molecule has 2 heterocycles. The Hall–Kier alpha value is -3.62. The molecule has 0 atom stereocenters. The highest BCUT2D eigenvalue weighted by atomic mass is 16.6. The molecule has 3 rings (SSSR count). The first kappa shape index (κ1) is 15.3. The highest BCUT2D eigenvalue weighted by Crippen LogP contribution is 2.26. The number of fused-ring (bicyclic) bond motifs is 1. The number of nitro groups is 1. The quantitative estimate of drug-likeness (QED) is 0.445. The SMILES string of the molecule is Cc1ccn2c(N=Nc3cccc([N+](=O)[O-])c3)c(C(=O)O)nc2c1. The number of carboxylic acids is 1. The van der Waals surface area contributed by atoms with Crippen LogP contribution in [0, 0.1) is 17.0 Å². The smallest absolute Gasteiger partial charge is 0.358 e. The molecule has 9 nitrogen and oxygen atoms in total. The molecule has 0 aliphatic carbocycles. The Kier molecular flexibility index (Phi) is 3.74. The van der Waals surface area contributed by atoms with Gasteiger partial charge in [-0.15, -0.1) is 10.2 Å². The van der Waals surface area contributed by atoms with Crippen LogP contribution in [0.5, 0.6) is 0 Å². The second-order valence-electron chi connectivity index (χ2n) is 5.00. The molecule has 3 aromatic rings. The summed E-state index contributed by atoms with van der Waals surface area (Å²) in [5.74, 6) is -1.19. The first-order chi connectivity index (χ1) is 11.5. The standard InChI is InChI=1S/C15H11N5O4/c1-9-5-6-19-12(7-9)16-13(15(21)22)14(19)18-17-10-3-2-4-11(8-10)20(23)24/h2-8H,1H3,(H,21,22). The van der Waals surface area contributed by atoms with Crippen molar-refractivity contribution in [1.29, 1.82) is 0 Å². The van der Waals surface area contributed by atoms with Crippen molar-refractivity contribution in [2.75, 3.05) is 0 Å². The highest BCUT2D eigenvalue weighted by Gasteiger charge is 2.18. The number of hydrogen-bond donors (Lipinski definition) is 1. The fourth-order valence-corrected chi connectivity index (χ4v) is 2.15. The number of nitrogens with zero attached hydrogens (tertiary/aromatic N) is 5. The van der Waals surface area contributed by atoms with Crippen molar-refractivity contribution in [3.63, 3.8) is 0 Å². The number of imidazole rings is 1. The minimum atomic E-state index is -1.23. The second-order valence-corrected chi connectivity index (χ2v) is 5.00. The number of aromatic carboxylic acids is 1. The van der Waals surface area contributed by atoms with E-state index >= 15 is 0 Å². The zero-order valence-electron chi connectivity index (χ0n) is 12.4. The summed E-state index contributed by atoms with van der Waals surface area (Å²) in [5.41, 5.74) is 1.23. The third-order valence-corrected chi connectivity index (χ3v) is 3.26. The van der Waals surface area contributed by atoms with E-state index in [9.17, 15) is 20.0 Å². The maximum absolute atomic E-state index is 11.4. The molecular weight excluding hydrogens is 314 g/mol. The van der Waals surface area contributed by atoms with Crippen LogP contribution in [0.4, 0.5) is 17.2 Å². The summed E-state index contributed by atoms with van der Waals surface area (Å²) in [6.45, 7) is 1.86. The number of benzene rings is 1. The van der Waals surface area contributed by atoms with Gasteiger partial charge in [-0.3, -0.25) is 14.5 Å². The van der Waals surface area contributed by atoms with Gasteiger partial charge in [0.15, 0.2) is 11.5 Å². The van der Waals surface area contributed by atoms with Crippen LogP contribution >= 0.6 is 0 Å². The maximum Gasteiger partial charge on any atom is 0.358 e. The van der Waals surface area contributed by atoms with E-state index in [1.807, 2.05) is 6.92 Å². The van der Waals surface area contributed by atoms with E-state index in [1.165, 1.54) is 28.7 Å². The number of carboxylic acid groups (broad SMARTS) is 1. The zero-order chi connectivity index (χ0) is 17.3. The number of aromatic nitrogens is 2. The molecule has 0 aliphatic rings. The number of nitro benzene ring substituents is 1. The van der Waals surface area contributed by atoms with E-state index in [0.29, 0.717) is 5.65 Å². The molecule has 1 aromatic carbocycles. The lowest BCUT2D eigenvalue weighted by Gasteiger charge is -1.98. The highest BCUT2D eigenvalue weighted by molar-refractivity contribution is 5.91. The number of rotatable bonds is 4. The molecule has 0 saturated carbocycles. The maximum atomic E-state index is 11.4. The summed E-state index contributed by atoms with van der Waals surface area (Å²) in [7, 11) is 0. The van der Waals surface area contributed by atoms with Gasteiger partial charge >= 0.3 is 5.97 Å². The molecule has 1 N–H and O–H groups in total. The van der Waals surface area contributed by atoms with Gasteiger partial charge in [-0.25, -0.2) is 9.78 Å². The van der Waals surface area contributed by atoms with Gasteiger partial charge in [0.05, 0.1) is 10.6 Å². The van der Waals surface area contributed by atoms with Crippen molar-refractivity contribution in [3.05, 3.63) is 64.0 Å². The number of carbonyl (C=O) groups is 1. The molecular formula is C15H11N5O4. The van der Waals surface area contributed by atoms with E-state index in [-0.39, 0.29) is 22.9 Å². The summed E-state index contributed by atoms with van der Waals surface area (Å²) < 4.78 is 1.50. The summed E-state index contributed by atoms with van der Waals surface area (Å²) in [6.07, 6.45) is 1.64. The van der Waals surface area contributed by atoms with Crippen LogP contribution in [0.2, 0.25) is 0 Å². The molecule has 0 bridgehead atoms. The minimum absolute atomic E-state index is 0.0454. The largest absolute Gasteiger partial charge is 0.476 e. The lowest BCUT2D eigenvalue weighted by Crippen LogP contribution is -1.96. The summed E-state index contributed by atoms with van der Waals surface area (Å²) >= 11 is 0. The van der Waals surface area contributed by atoms with Crippen molar-refractivity contribution in [3.8, 4) is 0 Å². The van der Waals surface area contributed by atoms with Crippen LogP contribution < -0.4 is 0 Å². The molecule has 0 aliphatic heterocycles. The van der Waals surface area contributed by atoms with Crippen molar-refractivity contribution in [2.24, 2.45) is 10.2 Å². The Morgan fingerprint density at radius 2 is 2.08 bits per heavy atom. The monoisotopic (exact) mass is 325 g/mol. The fraction of sp³-hybridized carbons (Fsp3) is 0.0667. The Morgan fingerprint density at radius 3 is 2.79 bits per heavy atom. The molecule has 2 aromatic heterocycles. The van der Waals surface area contributed by atoms with E-state index in [4.69, 9.17) is 0 Å². The number of pyridine rings is 1. The van der Waals surface area contributed by atoms with Gasteiger partial charge < -0.3 is 5.11 Å². The van der Waals surface area contributed by atoms with Crippen molar-refractivity contribution >= 4 is 28.8 Å². The van der Waals surface area contributed by atoms with Crippen molar-refractivity contribution in [2.45, 2.75) is 6.92 Å². The van der Waals surface area contributed by atoms with Crippen LogP contribution in [-0.4, -0.2) is 25.4 Å². The molecule has 0 fully saturated rings. The lowest BCUT2D eigenvalue weighted by atomic mass is 10.3. The number of non-ortho nitro benzene ring substituents is 1. The fourth-order valence-electron chi connectivity index (χ4n) is 2.15. The number of aryl methyl sites for hydroxylation is 1. The van der Waals surface area contributed by atoms with Crippen LogP contribution in [0.15, 0.2) is 52.8 Å². The summed E-state index contributed by atoms with van der Waals surface area (Å²) in [6, 6.07) is 9.09. The average molecular weight is 325 g/mol. The van der Waals surface area contributed by atoms with E-state index in [1.54, 1.807) is 18.3 Å². The topological polar surface area (TPSA) is 122 Å². The Labute approximate surface area is 135 Å². The normalized spacial score (nSPS) is 11.2. The Morgan fingerprint density at radius 1 is 1.29 bits per heavy atom. The van der Waals surface area contributed by atoms with Gasteiger partial charge in [0, 0.05) is 18.3 Å². The molecule has 9 heteroatoms. The van der Waals surface area contributed by atoms with Gasteiger partial charge in [0.25, 0.3) is 5.69 Å². The number of azo groups is 1. The minimum Gasteiger partial charge on any atom is -0.476 e. The van der Waals surface area contributed by atoms with Gasteiger partial charge in [-0.1, -0.05) is 6.07 Å². The molecule has 0 radical (unpaired) electrons. The summed E-state index contributed by atoms with van der Waals surface area (Å²) in [4.78, 5) is 25.6. The molecule has 0 unspecified atom stereocenters. The Bertz CT molecular complexity index is 993. The number of hydrogen-bond acceptors (Lipinski definition) is 6.